The van der Waals surface area contributed by atoms with Gasteiger partial charge in [0.15, 0.2) is 16.8 Å². The first-order chi connectivity index (χ1) is 13.6. The number of nitrogens with zero attached hydrogens (tertiary/aromatic N) is 1. The molecule has 3 aromatic rings. The van der Waals surface area contributed by atoms with Crippen LogP contribution in [0.4, 0.5) is 0 Å². The number of methoxy groups -OCH3 is 1. The number of carbonyl (C=O) groups excluding carboxylic acids is 1. The Bertz CT molecular complexity index is 1170. The molecule has 0 atom stereocenters. The van der Waals surface area contributed by atoms with Gasteiger partial charge in [-0.25, -0.2) is 0 Å². The van der Waals surface area contributed by atoms with Crippen LogP contribution in [0.1, 0.15) is 11.1 Å². The van der Waals surface area contributed by atoms with Crippen LogP contribution in [0.3, 0.4) is 0 Å². The van der Waals surface area contributed by atoms with Gasteiger partial charge in [-0.15, -0.1) is 0 Å². The van der Waals surface area contributed by atoms with E-state index in [1.807, 2.05) is 30.3 Å². The van der Waals surface area contributed by atoms with Crippen LogP contribution in [0, 0.1) is 0 Å². The fourth-order valence-electron chi connectivity index (χ4n) is 2.95. The van der Waals surface area contributed by atoms with Gasteiger partial charge < -0.3 is 9.15 Å². The summed E-state index contributed by atoms with van der Waals surface area (Å²) in [5.74, 6) is 0.263. The molecule has 1 amide bonds. The molecule has 4 rings (SSSR count). The van der Waals surface area contributed by atoms with Gasteiger partial charge in [-0.1, -0.05) is 60.4 Å². The van der Waals surface area contributed by atoms with Crippen LogP contribution in [0.2, 0.25) is 0 Å². The summed E-state index contributed by atoms with van der Waals surface area (Å²) < 4.78 is 11.3. The van der Waals surface area contributed by atoms with E-state index >= 15 is 0 Å². The highest BCUT2D eigenvalue weighted by Crippen LogP contribution is 2.33. The van der Waals surface area contributed by atoms with Crippen LogP contribution in [0.5, 0.6) is 5.75 Å². The molecule has 1 aliphatic heterocycles. The van der Waals surface area contributed by atoms with Crippen molar-refractivity contribution in [1.82, 2.24) is 4.90 Å². The van der Waals surface area contributed by atoms with Gasteiger partial charge in [-0.3, -0.25) is 14.5 Å². The molecule has 0 N–H and O–H groups in total. The van der Waals surface area contributed by atoms with Gasteiger partial charge in [0.2, 0.25) is 0 Å². The van der Waals surface area contributed by atoms with Crippen LogP contribution >= 0.6 is 24.0 Å². The number of amides is 1. The normalized spacial score (nSPS) is 15.6. The third kappa shape index (κ3) is 3.34. The molecule has 2 heterocycles. The summed E-state index contributed by atoms with van der Waals surface area (Å²) in [4.78, 5) is 27.5. The summed E-state index contributed by atoms with van der Waals surface area (Å²) in [6, 6.07) is 14.7. The molecule has 0 radical (unpaired) electrons. The Labute approximate surface area is 170 Å². The molecule has 0 spiro atoms. The van der Waals surface area contributed by atoms with E-state index < -0.39 is 0 Å². The first-order valence-corrected chi connectivity index (χ1v) is 9.69. The summed E-state index contributed by atoms with van der Waals surface area (Å²) >= 11 is 6.54. The second kappa shape index (κ2) is 7.61. The van der Waals surface area contributed by atoms with Crippen molar-refractivity contribution in [3.8, 4) is 5.75 Å². The number of thioether (sulfide) groups is 1. The zero-order chi connectivity index (χ0) is 19.7. The van der Waals surface area contributed by atoms with Gasteiger partial charge in [0.05, 0.1) is 29.5 Å². The first kappa shape index (κ1) is 18.5. The molecule has 1 fully saturated rings. The van der Waals surface area contributed by atoms with Crippen molar-refractivity contribution in [3.63, 3.8) is 0 Å². The average molecular weight is 409 g/mol. The van der Waals surface area contributed by atoms with Crippen molar-refractivity contribution < 1.29 is 13.9 Å². The van der Waals surface area contributed by atoms with Crippen molar-refractivity contribution in [3.05, 3.63) is 81.0 Å². The van der Waals surface area contributed by atoms with Gasteiger partial charge in [0, 0.05) is 0 Å². The molecule has 5 nitrogen and oxygen atoms in total. The summed E-state index contributed by atoms with van der Waals surface area (Å²) in [6.45, 7) is 0.395. The summed E-state index contributed by atoms with van der Waals surface area (Å²) in [6.07, 6.45) is 2.88. The molecule has 2 aromatic carbocycles. The molecule has 1 saturated heterocycles. The van der Waals surface area contributed by atoms with Gasteiger partial charge in [-0.05, 0) is 23.8 Å². The first-order valence-electron chi connectivity index (χ1n) is 8.46. The van der Waals surface area contributed by atoms with E-state index in [-0.39, 0.29) is 11.3 Å². The highest BCUT2D eigenvalue weighted by atomic mass is 32.2. The van der Waals surface area contributed by atoms with Crippen molar-refractivity contribution in [2.45, 2.75) is 6.54 Å². The fourth-order valence-corrected chi connectivity index (χ4v) is 4.20. The monoisotopic (exact) mass is 409 g/mol. The van der Waals surface area contributed by atoms with Crippen LogP contribution < -0.4 is 10.2 Å². The molecule has 140 valence electrons. The summed E-state index contributed by atoms with van der Waals surface area (Å²) in [5.41, 5.74) is 1.43. The Morgan fingerprint density at radius 2 is 1.93 bits per heavy atom. The van der Waals surface area contributed by atoms with E-state index in [2.05, 4.69) is 0 Å². The third-order valence-electron chi connectivity index (χ3n) is 4.35. The number of ether oxygens (including phenoxy) is 1. The third-order valence-corrected chi connectivity index (χ3v) is 5.73. The second-order valence-electron chi connectivity index (χ2n) is 6.11. The SMILES string of the molecule is COc1cccc2c(=O)c(C=C3SC(=S)N(Cc4ccccc4)C3=O)coc12. The number of hydrogen-bond acceptors (Lipinski definition) is 6. The number of thiocarbonyl (C=S) groups is 1. The highest BCUT2D eigenvalue weighted by molar-refractivity contribution is 8.26. The molecule has 7 heteroatoms. The van der Waals surface area contributed by atoms with Crippen LogP contribution in [0.15, 0.2) is 68.9 Å². The highest BCUT2D eigenvalue weighted by Gasteiger charge is 2.32. The van der Waals surface area contributed by atoms with E-state index in [4.69, 9.17) is 21.4 Å². The predicted octanol–water partition coefficient (Wildman–Crippen LogP) is 4.20. The molecular weight excluding hydrogens is 394 g/mol. The largest absolute Gasteiger partial charge is 0.493 e. The van der Waals surface area contributed by atoms with E-state index in [1.54, 1.807) is 18.2 Å². The Morgan fingerprint density at radius 3 is 2.68 bits per heavy atom. The Kier molecular flexibility index (Phi) is 5.02. The van der Waals surface area contributed by atoms with Crippen molar-refractivity contribution in [2.24, 2.45) is 0 Å². The van der Waals surface area contributed by atoms with Crippen molar-refractivity contribution in [1.29, 1.82) is 0 Å². The Morgan fingerprint density at radius 1 is 1.14 bits per heavy atom. The number of carbonyl (C=O) groups is 1. The lowest BCUT2D eigenvalue weighted by Gasteiger charge is -2.14. The van der Waals surface area contributed by atoms with Gasteiger partial charge >= 0.3 is 0 Å². The fraction of sp³-hybridized carbons (Fsp3) is 0.0952. The lowest BCUT2D eigenvalue weighted by Crippen LogP contribution is -2.27. The zero-order valence-corrected chi connectivity index (χ0v) is 16.5. The Balaban J connectivity index is 1.68. The molecule has 0 saturated carbocycles. The van der Waals surface area contributed by atoms with E-state index in [1.165, 1.54) is 36.1 Å². The topological polar surface area (TPSA) is 59.8 Å². The minimum absolute atomic E-state index is 0.219. The lowest BCUT2D eigenvalue weighted by molar-refractivity contribution is -0.122. The van der Waals surface area contributed by atoms with Crippen molar-refractivity contribution >= 4 is 51.3 Å². The number of rotatable bonds is 4. The van der Waals surface area contributed by atoms with Gasteiger partial charge in [0.25, 0.3) is 5.91 Å². The zero-order valence-electron chi connectivity index (χ0n) is 14.9. The summed E-state index contributed by atoms with van der Waals surface area (Å²) in [5, 5.41) is 0.396. The van der Waals surface area contributed by atoms with Crippen LogP contribution in [-0.4, -0.2) is 22.2 Å². The molecule has 1 aliphatic rings. The van der Waals surface area contributed by atoms with Gasteiger partial charge in [-0.2, -0.15) is 0 Å². The maximum atomic E-state index is 12.8. The molecule has 28 heavy (non-hydrogen) atoms. The standard InChI is InChI=1S/C21H15NO4S2/c1-25-16-9-5-8-15-18(23)14(12-26-19(15)16)10-17-20(24)22(21(27)28-17)11-13-6-3-2-4-7-13/h2-10,12H,11H2,1H3. The molecule has 1 aromatic heterocycles. The summed E-state index contributed by atoms with van der Waals surface area (Å²) in [7, 11) is 1.51. The predicted molar refractivity (Wildman–Crippen MR) is 114 cm³/mol. The minimum Gasteiger partial charge on any atom is -0.493 e. The maximum absolute atomic E-state index is 12.8. The number of fused-ring (bicyclic) bond motifs is 1. The maximum Gasteiger partial charge on any atom is 0.266 e. The number of para-hydroxylation sites is 1. The lowest BCUT2D eigenvalue weighted by atomic mass is 10.1. The number of benzene rings is 2. The average Bonchev–Trinajstić information content (AvgIpc) is 2.98. The number of hydrogen-bond donors (Lipinski definition) is 0. The molecule has 0 aliphatic carbocycles. The van der Waals surface area contributed by atoms with E-state index in [0.717, 1.165) is 5.56 Å². The molecular formula is C21H15NO4S2. The minimum atomic E-state index is -0.228. The van der Waals surface area contributed by atoms with E-state index in [0.29, 0.717) is 38.1 Å². The van der Waals surface area contributed by atoms with Crippen LogP contribution in [0.25, 0.3) is 17.0 Å². The second-order valence-corrected chi connectivity index (χ2v) is 7.79. The van der Waals surface area contributed by atoms with Crippen LogP contribution in [-0.2, 0) is 11.3 Å². The van der Waals surface area contributed by atoms with E-state index in [9.17, 15) is 9.59 Å². The molecule has 0 unspecified atom stereocenters. The van der Waals surface area contributed by atoms with Crippen molar-refractivity contribution in [2.75, 3.05) is 7.11 Å². The van der Waals surface area contributed by atoms with Gasteiger partial charge in [0.1, 0.15) is 10.6 Å². The quantitative estimate of drug-likeness (QED) is 0.475. The Hall–Kier alpha value is -2.90. The molecule has 0 bridgehead atoms. The smallest absolute Gasteiger partial charge is 0.266 e.